The van der Waals surface area contributed by atoms with Gasteiger partial charge in [-0.2, -0.15) is 0 Å². The normalized spacial score (nSPS) is 10.6. The maximum absolute atomic E-state index is 11.8. The highest BCUT2D eigenvalue weighted by molar-refractivity contribution is 5.78. The summed E-state index contributed by atoms with van der Waals surface area (Å²) < 4.78 is 5.00. The van der Waals surface area contributed by atoms with Crippen LogP contribution in [0.5, 0.6) is 11.5 Å². The molecule has 0 spiro atoms. The summed E-state index contributed by atoms with van der Waals surface area (Å²) in [5.74, 6) is 0.470. The van der Waals surface area contributed by atoms with E-state index in [-0.39, 0.29) is 17.1 Å². The summed E-state index contributed by atoms with van der Waals surface area (Å²) in [6.07, 6.45) is 3.76. The number of ether oxygens (including phenoxy) is 1. The molecule has 0 atom stereocenters. The Morgan fingerprint density at radius 3 is 2.48 bits per heavy atom. The van der Waals surface area contributed by atoms with Gasteiger partial charge < -0.3 is 20.5 Å². The van der Waals surface area contributed by atoms with E-state index in [1.54, 1.807) is 36.7 Å². The van der Waals surface area contributed by atoms with Crippen LogP contribution in [0.1, 0.15) is 5.56 Å². The summed E-state index contributed by atoms with van der Waals surface area (Å²) >= 11 is 0. The number of hydrogen-bond donors (Lipinski definition) is 3. The Morgan fingerprint density at radius 1 is 1.08 bits per heavy atom. The van der Waals surface area contributed by atoms with Crippen LogP contribution >= 0.6 is 0 Å². The lowest BCUT2D eigenvalue weighted by molar-refractivity contribution is 0.373. The van der Waals surface area contributed by atoms with Gasteiger partial charge in [-0.05, 0) is 36.2 Å². The Bertz CT molecular complexity index is 947. The Hall–Kier alpha value is -3.35. The van der Waals surface area contributed by atoms with Crippen molar-refractivity contribution >= 4 is 17.1 Å². The number of aromatic hydroxyl groups is 1. The van der Waals surface area contributed by atoms with E-state index in [0.29, 0.717) is 24.4 Å². The number of nitrogens with one attached hydrogen (secondary N) is 2. The van der Waals surface area contributed by atoms with Crippen molar-refractivity contribution in [3.8, 4) is 11.5 Å². The Kier molecular flexibility index (Phi) is 4.65. The molecule has 7 heteroatoms. The van der Waals surface area contributed by atoms with Gasteiger partial charge in [0.1, 0.15) is 11.4 Å². The molecule has 0 radical (unpaired) electrons. The van der Waals surface area contributed by atoms with Gasteiger partial charge in [-0.15, -0.1) is 0 Å². The van der Waals surface area contributed by atoms with Crippen LogP contribution in [0.2, 0.25) is 0 Å². The highest BCUT2D eigenvalue weighted by atomic mass is 16.5. The summed E-state index contributed by atoms with van der Waals surface area (Å²) in [4.78, 5) is 27.4. The van der Waals surface area contributed by atoms with Crippen molar-refractivity contribution in [3.05, 3.63) is 68.7 Å². The topological polar surface area (TPSA) is 101 Å². The van der Waals surface area contributed by atoms with Gasteiger partial charge >= 0.3 is 0 Å². The number of aromatic nitrogens is 1. The van der Waals surface area contributed by atoms with Gasteiger partial charge in [0.25, 0.3) is 10.9 Å². The minimum atomic E-state index is -0.540. The SMILES string of the molecule is COc1ccc(CCNc2c(Nc3ccncc3)c(=O)c2=O)cc1O. The molecule has 0 saturated carbocycles. The second-order valence-corrected chi connectivity index (χ2v) is 5.45. The molecule has 0 aliphatic carbocycles. The zero-order valence-corrected chi connectivity index (χ0v) is 13.6. The van der Waals surface area contributed by atoms with E-state index < -0.39 is 10.9 Å². The minimum absolute atomic E-state index is 0.0640. The summed E-state index contributed by atoms with van der Waals surface area (Å²) in [5, 5.41) is 15.7. The molecule has 0 amide bonds. The molecule has 0 saturated heterocycles. The molecule has 0 aliphatic rings. The van der Waals surface area contributed by atoms with Crippen molar-refractivity contribution in [3.63, 3.8) is 0 Å². The van der Waals surface area contributed by atoms with Crippen LogP contribution in [-0.4, -0.2) is 23.7 Å². The van der Waals surface area contributed by atoms with Gasteiger partial charge in [0, 0.05) is 24.6 Å². The quantitative estimate of drug-likeness (QED) is 0.564. The van der Waals surface area contributed by atoms with Gasteiger partial charge in [-0.25, -0.2) is 0 Å². The standard InChI is InChI=1S/C18H17N3O4/c1-25-14-3-2-11(10-13(14)22)4-9-20-15-16(18(24)17(15)23)21-12-5-7-19-8-6-12/h2-3,5-8,10,20,22H,4,9H2,1H3,(H,19,21). The van der Waals surface area contributed by atoms with Crippen molar-refractivity contribution in [1.29, 1.82) is 0 Å². The zero-order chi connectivity index (χ0) is 17.8. The van der Waals surface area contributed by atoms with Gasteiger partial charge in [0.15, 0.2) is 11.5 Å². The minimum Gasteiger partial charge on any atom is -0.504 e. The number of benzene rings is 1. The van der Waals surface area contributed by atoms with E-state index in [1.807, 2.05) is 6.07 Å². The molecule has 3 aromatic rings. The number of phenolic OH excluding ortho intramolecular Hbond substituents is 1. The second kappa shape index (κ2) is 7.04. The van der Waals surface area contributed by atoms with Crippen LogP contribution in [0, 0.1) is 0 Å². The highest BCUT2D eigenvalue weighted by Gasteiger charge is 2.20. The molecule has 0 aliphatic heterocycles. The van der Waals surface area contributed by atoms with E-state index in [9.17, 15) is 14.7 Å². The molecule has 0 unspecified atom stereocenters. The summed E-state index contributed by atoms with van der Waals surface area (Å²) in [6, 6.07) is 8.54. The first-order chi connectivity index (χ1) is 12.1. The zero-order valence-electron chi connectivity index (χ0n) is 13.6. The number of methoxy groups -OCH3 is 1. The lowest BCUT2D eigenvalue weighted by Gasteiger charge is -2.15. The Morgan fingerprint density at radius 2 is 1.80 bits per heavy atom. The molecule has 3 N–H and O–H groups in total. The second-order valence-electron chi connectivity index (χ2n) is 5.45. The van der Waals surface area contributed by atoms with Crippen LogP contribution in [0.15, 0.2) is 52.3 Å². The molecular formula is C18H17N3O4. The molecule has 2 aromatic carbocycles. The summed E-state index contributed by atoms with van der Waals surface area (Å²) in [5.41, 5.74) is 1.03. The average Bonchev–Trinajstić information content (AvgIpc) is 2.64. The van der Waals surface area contributed by atoms with E-state index >= 15 is 0 Å². The van der Waals surface area contributed by atoms with E-state index in [1.165, 1.54) is 7.11 Å². The lowest BCUT2D eigenvalue weighted by Crippen LogP contribution is -2.37. The largest absolute Gasteiger partial charge is 0.504 e. The molecular weight excluding hydrogens is 322 g/mol. The fourth-order valence-electron chi connectivity index (χ4n) is 2.48. The predicted molar refractivity (Wildman–Crippen MR) is 95.7 cm³/mol. The van der Waals surface area contributed by atoms with Crippen molar-refractivity contribution in [2.24, 2.45) is 0 Å². The van der Waals surface area contributed by atoms with Gasteiger partial charge in [0.2, 0.25) is 0 Å². The summed E-state index contributed by atoms with van der Waals surface area (Å²) in [7, 11) is 1.49. The number of nitrogens with zero attached hydrogens (tertiary/aromatic N) is 1. The van der Waals surface area contributed by atoms with Crippen LogP contribution in [0.3, 0.4) is 0 Å². The Balaban J connectivity index is 1.64. The van der Waals surface area contributed by atoms with E-state index in [0.717, 1.165) is 5.56 Å². The predicted octanol–water partition coefficient (Wildman–Crippen LogP) is 1.79. The number of hydrogen-bond acceptors (Lipinski definition) is 7. The highest BCUT2D eigenvalue weighted by Crippen LogP contribution is 2.26. The van der Waals surface area contributed by atoms with Gasteiger partial charge in [0.05, 0.1) is 7.11 Å². The van der Waals surface area contributed by atoms with E-state index in [4.69, 9.17) is 4.74 Å². The smallest absolute Gasteiger partial charge is 0.253 e. The van der Waals surface area contributed by atoms with E-state index in [2.05, 4.69) is 15.6 Å². The van der Waals surface area contributed by atoms with Crippen LogP contribution in [0.25, 0.3) is 0 Å². The third kappa shape index (κ3) is 3.45. The fourth-order valence-corrected chi connectivity index (χ4v) is 2.48. The van der Waals surface area contributed by atoms with Crippen molar-refractivity contribution < 1.29 is 9.84 Å². The molecule has 1 heterocycles. The van der Waals surface area contributed by atoms with Crippen molar-refractivity contribution in [2.45, 2.75) is 6.42 Å². The summed E-state index contributed by atoms with van der Waals surface area (Å²) in [6.45, 7) is 0.446. The average molecular weight is 339 g/mol. The maximum Gasteiger partial charge on any atom is 0.253 e. The molecule has 25 heavy (non-hydrogen) atoms. The van der Waals surface area contributed by atoms with Crippen molar-refractivity contribution in [1.82, 2.24) is 4.98 Å². The number of anilines is 3. The first kappa shape index (κ1) is 16.5. The lowest BCUT2D eigenvalue weighted by atomic mass is 10.1. The molecule has 0 fully saturated rings. The Labute approximate surface area is 143 Å². The fraction of sp³-hybridized carbons (Fsp3) is 0.167. The molecule has 7 nitrogen and oxygen atoms in total. The maximum atomic E-state index is 11.8. The molecule has 0 bridgehead atoms. The first-order valence-electron chi connectivity index (χ1n) is 7.70. The third-order valence-corrected chi connectivity index (χ3v) is 3.82. The molecule has 3 rings (SSSR count). The van der Waals surface area contributed by atoms with Crippen molar-refractivity contribution in [2.75, 3.05) is 24.3 Å². The third-order valence-electron chi connectivity index (χ3n) is 3.82. The number of rotatable bonds is 7. The van der Waals surface area contributed by atoms with Gasteiger partial charge in [-0.3, -0.25) is 14.6 Å². The van der Waals surface area contributed by atoms with Crippen LogP contribution in [-0.2, 0) is 6.42 Å². The number of pyridine rings is 1. The monoisotopic (exact) mass is 339 g/mol. The first-order valence-corrected chi connectivity index (χ1v) is 7.70. The van der Waals surface area contributed by atoms with Crippen LogP contribution < -0.4 is 26.2 Å². The van der Waals surface area contributed by atoms with Crippen LogP contribution in [0.4, 0.5) is 17.1 Å². The molecule has 128 valence electrons. The van der Waals surface area contributed by atoms with Gasteiger partial charge in [-0.1, -0.05) is 6.07 Å². The number of phenols is 1. The molecule has 1 aromatic heterocycles.